The van der Waals surface area contributed by atoms with E-state index in [0.717, 1.165) is 34.3 Å². The van der Waals surface area contributed by atoms with Gasteiger partial charge in [-0.1, -0.05) is 74.4 Å². The van der Waals surface area contributed by atoms with E-state index in [-0.39, 0.29) is 5.69 Å². The third-order valence-electron chi connectivity index (χ3n) is 7.15. The molecule has 0 spiro atoms. The van der Waals surface area contributed by atoms with Gasteiger partial charge in [0, 0.05) is 37.6 Å². The zero-order valence-electron chi connectivity index (χ0n) is 28.3. The maximum atomic E-state index is 15.5. The van der Waals surface area contributed by atoms with Crippen LogP contribution in [0.15, 0.2) is 95.5 Å². The van der Waals surface area contributed by atoms with Crippen molar-refractivity contribution in [3.05, 3.63) is 114 Å². The maximum absolute atomic E-state index is 15.5. The number of hydrogen-bond acceptors (Lipinski definition) is 2. The normalized spacial score (nSPS) is 15.0. The number of aromatic nitrogens is 1. The minimum absolute atomic E-state index is 0.261. The van der Waals surface area contributed by atoms with Crippen molar-refractivity contribution in [3.63, 3.8) is 0 Å². The van der Waals surface area contributed by atoms with Crippen LogP contribution in [0.3, 0.4) is 0 Å². The van der Waals surface area contributed by atoms with Crippen LogP contribution in [0.2, 0.25) is 0 Å². The van der Waals surface area contributed by atoms with E-state index in [1.807, 2.05) is 66.7 Å². The van der Waals surface area contributed by atoms with Crippen LogP contribution in [0.25, 0.3) is 55.4 Å². The molecule has 190 valence electrons. The summed E-state index contributed by atoms with van der Waals surface area (Å²) in [5, 5.41) is 11.5. The van der Waals surface area contributed by atoms with Gasteiger partial charge in [0.2, 0.25) is 11.9 Å². The fourth-order valence-electron chi connectivity index (χ4n) is 5.24. The van der Waals surface area contributed by atoms with Crippen molar-refractivity contribution in [2.45, 2.75) is 26.5 Å². The molecule has 0 amide bonds. The number of furan rings is 1. The molecule has 0 unspecified atom stereocenters. The van der Waals surface area contributed by atoms with Gasteiger partial charge in [-0.25, -0.2) is 4.39 Å². The second-order valence-electron chi connectivity index (χ2n) is 9.57. The summed E-state index contributed by atoms with van der Waals surface area (Å²) in [6.45, 7) is -4.93. The van der Waals surface area contributed by atoms with Crippen molar-refractivity contribution in [1.29, 1.82) is 5.26 Å². The van der Waals surface area contributed by atoms with Gasteiger partial charge < -0.3 is 4.42 Å². The number of hydrogen-bond donors (Lipinski definition) is 0. The Morgan fingerprint density at radius 3 is 2.31 bits per heavy atom. The molecule has 0 saturated heterocycles. The van der Waals surface area contributed by atoms with E-state index in [0.29, 0.717) is 38.8 Å². The number of nitrogens with zero attached hydrogens (tertiary/aromatic N) is 2. The first-order chi connectivity index (χ1) is 21.7. The van der Waals surface area contributed by atoms with Crippen molar-refractivity contribution in [1.82, 2.24) is 0 Å². The Morgan fingerprint density at radius 1 is 0.872 bits per heavy atom. The number of benzene rings is 4. The molecule has 0 aliphatic carbocycles. The first-order valence-electron chi connectivity index (χ1n) is 15.9. The molecule has 2 heterocycles. The number of fused-ring (bicyclic) bond motifs is 3. The van der Waals surface area contributed by atoms with Crippen LogP contribution in [0, 0.1) is 24.1 Å². The average Bonchev–Trinajstić information content (AvgIpc) is 3.38. The maximum Gasteiger partial charge on any atom is 0.216 e. The Labute approximate surface area is 237 Å². The van der Waals surface area contributed by atoms with Gasteiger partial charge in [0.15, 0.2) is 5.82 Å². The molecule has 0 saturated carbocycles. The number of rotatable bonds is 4. The van der Waals surface area contributed by atoms with Crippen LogP contribution < -0.4 is 4.57 Å². The van der Waals surface area contributed by atoms with Gasteiger partial charge in [0.25, 0.3) is 0 Å². The SMILES string of the molecule is [2H]C([2H])([2H])C([2H])(c1cc(-c2c(C)ccc3c2oc2c(-c4cccc(-c5ccccc5)c4)c(C#N)ccc23)[n+](C)cc1F)C([2H])([2H])[2H]. The second-order valence-corrected chi connectivity index (χ2v) is 9.57. The smallest absolute Gasteiger partial charge is 0.216 e. The standard InChI is InChI=1S/C35H28FN2O/c1-21(2)29-18-31(38(4)20-30(29)36)32-22(3)13-15-27-28-16-14-26(19-37)33(35(28)39-34(27)32)25-12-8-11-24(17-25)23-9-6-5-7-10-23/h5-18,20-21H,1-4H3/q+1/i1D3,2D3,21D. The highest BCUT2D eigenvalue weighted by molar-refractivity contribution is 6.14. The van der Waals surface area contributed by atoms with Crippen molar-refractivity contribution < 1.29 is 23.0 Å². The number of aryl methyl sites for hydroxylation is 2. The largest absolute Gasteiger partial charge is 0.454 e. The molecular weight excluding hydrogens is 483 g/mol. The lowest BCUT2D eigenvalue weighted by molar-refractivity contribution is -0.662. The Bertz CT molecular complexity index is 2180. The number of nitriles is 1. The molecular formula is C35H28FN2O+. The minimum Gasteiger partial charge on any atom is -0.454 e. The zero-order valence-corrected chi connectivity index (χ0v) is 21.3. The Morgan fingerprint density at radius 2 is 1.56 bits per heavy atom. The van der Waals surface area contributed by atoms with E-state index >= 15 is 4.39 Å². The summed E-state index contributed by atoms with van der Waals surface area (Å²) in [4.78, 5) is 0. The van der Waals surface area contributed by atoms with Gasteiger partial charge in [-0.15, -0.1) is 0 Å². The molecule has 0 aliphatic rings. The zero-order chi connectivity index (χ0) is 33.2. The van der Waals surface area contributed by atoms with Crippen molar-refractivity contribution in [2.75, 3.05) is 0 Å². The first kappa shape index (κ1) is 17.7. The summed E-state index contributed by atoms with van der Waals surface area (Å²) < 4.78 is 79.7. The van der Waals surface area contributed by atoms with E-state index in [2.05, 4.69) is 6.07 Å². The molecule has 3 nitrogen and oxygen atoms in total. The second kappa shape index (κ2) is 9.53. The number of pyridine rings is 1. The van der Waals surface area contributed by atoms with E-state index in [1.165, 1.54) is 4.57 Å². The Kier molecular flexibility index (Phi) is 4.32. The average molecular weight is 519 g/mol. The molecule has 0 aliphatic heterocycles. The molecule has 0 fully saturated rings. The van der Waals surface area contributed by atoms with Gasteiger partial charge in [0.1, 0.15) is 18.2 Å². The van der Waals surface area contributed by atoms with Crippen LogP contribution in [0.4, 0.5) is 4.39 Å². The predicted molar refractivity (Wildman–Crippen MR) is 155 cm³/mol. The highest BCUT2D eigenvalue weighted by Gasteiger charge is 2.25. The van der Waals surface area contributed by atoms with Crippen LogP contribution in [0.5, 0.6) is 0 Å². The van der Waals surface area contributed by atoms with Gasteiger partial charge in [0.05, 0.1) is 17.2 Å². The molecule has 0 bridgehead atoms. The van der Waals surface area contributed by atoms with Gasteiger partial charge >= 0.3 is 0 Å². The fraction of sp³-hybridized carbons (Fsp3) is 0.143. The molecule has 6 aromatic rings. The lowest BCUT2D eigenvalue weighted by Gasteiger charge is -2.10. The lowest BCUT2D eigenvalue weighted by Crippen LogP contribution is -2.32. The molecule has 0 N–H and O–H groups in total. The van der Waals surface area contributed by atoms with E-state index < -0.39 is 31.0 Å². The summed E-state index contributed by atoms with van der Waals surface area (Å²) in [5.41, 5.74) is 5.23. The van der Waals surface area contributed by atoms with Crippen LogP contribution in [0.1, 0.15) is 45.9 Å². The number of halogens is 1. The summed E-state index contributed by atoms with van der Waals surface area (Å²) >= 11 is 0. The summed E-state index contributed by atoms with van der Waals surface area (Å²) in [7, 11) is 1.55. The molecule has 0 radical (unpaired) electrons. The van der Waals surface area contributed by atoms with E-state index in [4.69, 9.17) is 14.0 Å². The lowest BCUT2D eigenvalue weighted by atomic mass is 9.93. The van der Waals surface area contributed by atoms with Gasteiger partial charge in [-0.2, -0.15) is 9.83 Å². The molecule has 4 heteroatoms. The molecule has 2 aromatic heterocycles. The van der Waals surface area contributed by atoms with Crippen molar-refractivity contribution >= 4 is 21.9 Å². The third kappa shape index (κ3) is 4.08. The monoisotopic (exact) mass is 518 g/mol. The molecule has 39 heavy (non-hydrogen) atoms. The van der Waals surface area contributed by atoms with Crippen LogP contribution in [-0.2, 0) is 7.05 Å². The van der Waals surface area contributed by atoms with Gasteiger partial charge in [-0.05, 0) is 53.3 Å². The van der Waals surface area contributed by atoms with Gasteiger partial charge in [-0.3, -0.25) is 0 Å². The summed E-state index contributed by atoms with van der Waals surface area (Å²) in [6, 6.07) is 28.3. The predicted octanol–water partition coefficient (Wildman–Crippen LogP) is 8.85. The van der Waals surface area contributed by atoms with E-state index in [9.17, 15) is 5.26 Å². The fourth-order valence-corrected chi connectivity index (χ4v) is 5.24. The molecule has 4 aromatic carbocycles. The third-order valence-corrected chi connectivity index (χ3v) is 7.15. The quantitative estimate of drug-likeness (QED) is 0.219. The van der Waals surface area contributed by atoms with Crippen molar-refractivity contribution in [3.8, 4) is 39.6 Å². The first-order valence-corrected chi connectivity index (χ1v) is 12.4. The molecule has 0 atom stereocenters. The van der Waals surface area contributed by atoms with Crippen LogP contribution >= 0.6 is 0 Å². The minimum atomic E-state index is -3.37. The topological polar surface area (TPSA) is 40.8 Å². The van der Waals surface area contributed by atoms with Crippen molar-refractivity contribution in [2.24, 2.45) is 7.05 Å². The summed E-state index contributed by atoms with van der Waals surface area (Å²) in [5.74, 6) is -4.36. The Balaban J connectivity index is 1.65. The highest BCUT2D eigenvalue weighted by Crippen LogP contribution is 2.42. The Hall–Kier alpha value is -4.75. The van der Waals surface area contributed by atoms with Crippen LogP contribution in [-0.4, -0.2) is 0 Å². The highest BCUT2D eigenvalue weighted by atomic mass is 19.1. The molecule has 6 rings (SSSR count). The summed E-state index contributed by atoms with van der Waals surface area (Å²) in [6.07, 6.45) is 0.987. The van der Waals surface area contributed by atoms with E-state index in [1.54, 1.807) is 26.1 Å².